The molecular weight excluding hydrogens is 425 g/mol. The van der Waals surface area contributed by atoms with Gasteiger partial charge in [-0.15, -0.1) is 11.3 Å². The van der Waals surface area contributed by atoms with Gasteiger partial charge in [0.05, 0.1) is 18.0 Å². The van der Waals surface area contributed by atoms with Crippen molar-refractivity contribution >= 4 is 27.4 Å². The molecule has 3 aromatic rings. The van der Waals surface area contributed by atoms with Crippen LogP contribution in [0, 0.1) is 5.41 Å². The number of aryl methyl sites for hydroxylation is 1. The molecule has 6 nitrogen and oxygen atoms in total. The lowest BCUT2D eigenvalue weighted by Gasteiger charge is -2.51. The molecule has 0 aliphatic carbocycles. The summed E-state index contributed by atoms with van der Waals surface area (Å²) >= 11 is 1.11. The van der Waals surface area contributed by atoms with Gasteiger partial charge in [-0.05, 0) is 18.9 Å². The summed E-state index contributed by atoms with van der Waals surface area (Å²) in [7, 11) is 1.94. The van der Waals surface area contributed by atoms with Crippen molar-refractivity contribution in [1.29, 1.82) is 0 Å². The number of rotatable bonds is 5. The van der Waals surface area contributed by atoms with Crippen LogP contribution < -0.4 is 4.90 Å². The molecule has 0 aromatic carbocycles. The number of hydrogen-bond donors (Lipinski definition) is 0. The van der Waals surface area contributed by atoms with Crippen molar-refractivity contribution in [3.05, 3.63) is 35.2 Å². The molecule has 2 fully saturated rings. The summed E-state index contributed by atoms with van der Waals surface area (Å²) in [5, 5.41) is 5.06. The first-order valence-electron chi connectivity index (χ1n) is 10.5. The van der Waals surface area contributed by atoms with Crippen LogP contribution in [-0.2, 0) is 13.5 Å². The Balaban J connectivity index is 1.31. The zero-order valence-corrected chi connectivity index (χ0v) is 18.4. The van der Waals surface area contributed by atoms with E-state index in [2.05, 4.69) is 38.0 Å². The monoisotopic (exact) mass is 450 g/mol. The second kappa shape index (κ2) is 7.44. The lowest BCUT2D eigenvalue weighted by atomic mass is 9.77. The van der Waals surface area contributed by atoms with Crippen molar-refractivity contribution in [2.24, 2.45) is 12.5 Å². The van der Waals surface area contributed by atoms with Gasteiger partial charge in [0, 0.05) is 61.3 Å². The smallest absolute Gasteiger partial charge is 0.355 e. The van der Waals surface area contributed by atoms with Gasteiger partial charge in [0.2, 0.25) is 0 Å². The quantitative estimate of drug-likeness (QED) is 0.583. The van der Waals surface area contributed by atoms with E-state index in [1.54, 1.807) is 6.07 Å². The molecule has 0 saturated carbocycles. The zero-order chi connectivity index (χ0) is 21.8. The van der Waals surface area contributed by atoms with Crippen molar-refractivity contribution < 1.29 is 13.2 Å². The molecule has 1 spiro atoms. The molecule has 31 heavy (non-hydrogen) atoms. The average molecular weight is 451 g/mol. The summed E-state index contributed by atoms with van der Waals surface area (Å²) in [6, 6.07) is 2.00. The number of anilines is 1. The van der Waals surface area contributed by atoms with Gasteiger partial charge in [-0.2, -0.15) is 18.3 Å². The van der Waals surface area contributed by atoms with Crippen LogP contribution in [0.3, 0.4) is 0 Å². The van der Waals surface area contributed by atoms with Gasteiger partial charge in [0.25, 0.3) is 0 Å². The van der Waals surface area contributed by atoms with Crippen LogP contribution in [0.2, 0.25) is 0 Å². The van der Waals surface area contributed by atoms with Crippen LogP contribution in [0.1, 0.15) is 36.2 Å². The molecule has 0 unspecified atom stereocenters. The Kier molecular flexibility index (Phi) is 4.97. The van der Waals surface area contributed by atoms with Gasteiger partial charge in [-0.1, -0.05) is 6.92 Å². The molecular formula is C21H25F3N6S. The van der Waals surface area contributed by atoms with Gasteiger partial charge < -0.3 is 4.90 Å². The Morgan fingerprint density at radius 1 is 1.23 bits per heavy atom. The fraction of sp³-hybridized carbons (Fsp3) is 0.571. The van der Waals surface area contributed by atoms with Crippen LogP contribution in [0.15, 0.2) is 24.8 Å². The number of fused-ring (bicyclic) bond motifs is 1. The number of thiophene rings is 1. The maximum absolute atomic E-state index is 12.8. The number of halogens is 3. The molecule has 0 amide bonds. The number of nitrogens with zero attached hydrogens (tertiary/aromatic N) is 6. The molecule has 1 atom stereocenters. The Morgan fingerprint density at radius 3 is 2.71 bits per heavy atom. The molecule has 166 valence electrons. The first-order chi connectivity index (χ1) is 14.8. The van der Waals surface area contributed by atoms with Gasteiger partial charge >= 0.3 is 6.18 Å². The normalized spacial score (nSPS) is 20.0. The minimum atomic E-state index is -4.22. The SMILES string of the molecule is CC[C@@H](c1cnn(C)c1)N1CC2(CCN(c3ncnc4sc(CC(F)(F)F)cc34)C2)C1. The second-order valence-electron chi connectivity index (χ2n) is 8.87. The van der Waals surface area contributed by atoms with E-state index in [4.69, 9.17) is 0 Å². The molecule has 0 bridgehead atoms. The van der Waals surface area contributed by atoms with Crippen LogP contribution in [0.4, 0.5) is 19.0 Å². The maximum atomic E-state index is 12.8. The molecule has 5 heterocycles. The van der Waals surface area contributed by atoms with E-state index in [1.807, 2.05) is 17.9 Å². The maximum Gasteiger partial charge on any atom is 0.393 e. The molecule has 5 rings (SSSR count). The van der Waals surface area contributed by atoms with Crippen molar-refractivity contribution in [1.82, 2.24) is 24.6 Å². The molecule has 0 N–H and O–H groups in total. The predicted molar refractivity (Wildman–Crippen MR) is 114 cm³/mol. The zero-order valence-electron chi connectivity index (χ0n) is 17.6. The third-order valence-electron chi connectivity index (χ3n) is 6.49. The molecule has 2 aliphatic heterocycles. The first kappa shape index (κ1) is 20.7. The van der Waals surface area contributed by atoms with Crippen molar-refractivity contribution in [3.8, 4) is 0 Å². The summed E-state index contributed by atoms with van der Waals surface area (Å²) in [6.45, 7) is 6.00. The van der Waals surface area contributed by atoms with E-state index in [-0.39, 0.29) is 10.3 Å². The van der Waals surface area contributed by atoms with E-state index in [1.165, 1.54) is 11.9 Å². The second-order valence-corrected chi connectivity index (χ2v) is 9.98. The Morgan fingerprint density at radius 2 is 2.03 bits per heavy atom. The number of aromatic nitrogens is 4. The standard InChI is InChI=1S/C21H25F3N6S/c1-3-17(14-8-27-28(2)9-14)30-11-20(12-30)4-5-29(10-20)18-16-6-15(7-21(22,23)24)31-19(16)26-13-25-18/h6,8-9,13,17H,3-5,7,10-12H2,1-2H3/t17-/m0/s1. The highest BCUT2D eigenvalue weighted by atomic mass is 32.1. The van der Waals surface area contributed by atoms with Crippen LogP contribution in [-0.4, -0.2) is 57.0 Å². The van der Waals surface area contributed by atoms with Gasteiger partial charge in [-0.25, -0.2) is 9.97 Å². The highest BCUT2D eigenvalue weighted by molar-refractivity contribution is 7.18. The van der Waals surface area contributed by atoms with Crippen LogP contribution >= 0.6 is 11.3 Å². The van der Waals surface area contributed by atoms with Gasteiger partial charge in [-0.3, -0.25) is 9.58 Å². The molecule has 3 aromatic heterocycles. The molecule has 0 radical (unpaired) electrons. The largest absolute Gasteiger partial charge is 0.393 e. The van der Waals surface area contributed by atoms with E-state index in [0.717, 1.165) is 61.6 Å². The topological polar surface area (TPSA) is 50.1 Å². The summed E-state index contributed by atoms with van der Waals surface area (Å²) in [5.41, 5.74) is 1.47. The van der Waals surface area contributed by atoms with Crippen LogP contribution in [0.25, 0.3) is 10.2 Å². The van der Waals surface area contributed by atoms with Crippen molar-refractivity contribution in [3.63, 3.8) is 0 Å². The van der Waals surface area contributed by atoms with E-state index >= 15 is 0 Å². The average Bonchev–Trinajstić information content (AvgIpc) is 3.38. The summed E-state index contributed by atoms with van der Waals surface area (Å²) in [6.07, 6.45) is 2.48. The molecule has 2 saturated heterocycles. The van der Waals surface area contributed by atoms with Gasteiger partial charge in [0.15, 0.2) is 0 Å². The van der Waals surface area contributed by atoms with Crippen LogP contribution in [0.5, 0.6) is 0 Å². The highest BCUT2D eigenvalue weighted by Gasteiger charge is 2.50. The fourth-order valence-electron chi connectivity index (χ4n) is 5.16. The van der Waals surface area contributed by atoms with Crippen molar-refractivity contribution in [2.75, 3.05) is 31.1 Å². The number of likely N-dealkylation sites (tertiary alicyclic amines) is 1. The number of hydrogen-bond acceptors (Lipinski definition) is 6. The molecule has 10 heteroatoms. The number of alkyl halides is 3. The minimum absolute atomic E-state index is 0.220. The minimum Gasteiger partial charge on any atom is -0.355 e. The summed E-state index contributed by atoms with van der Waals surface area (Å²) < 4.78 is 40.3. The Labute approximate surface area is 182 Å². The Hall–Kier alpha value is -2.20. The lowest BCUT2D eigenvalue weighted by molar-refractivity contribution is -0.126. The summed E-state index contributed by atoms with van der Waals surface area (Å²) in [5.74, 6) is 0.768. The lowest BCUT2D eigenvalue weighted by Crippen LogP contribution is -2.58. The Bertz CT molecular complexity index is 1080. The first-order valence-corrected chi connectivity index (χ1v) is 11.3. The third-order valence-corrected chi connectivity index (χ3v) is 7.53. The van der Waals surface area contributed by atoms with E-state index < -0.39 is 12.6 Å². The fourth-order valence-corrected chi connectivity index (χ4v) is 6.18. The van der Waals surface area contributed by atoms with Gasteiger partial charge in [0.1, 0.15) is 17.0 Å². The van der Waals surface area contributed by atoms with E-state index in [0.29, 0.717) is 10.9 Å². The van der Waals surface area contributed by atoms with Crippen molar-refractivity contribution in [2.45, 2.75) is 38.4 Å². The highest BCUT2D eigenvalue weighted by Crippen LogP contribution is 2.46. The predicted octanol–water partition coefficient (Wildman–Crippen LogP) is 4.19. The third kappa shape index (κ3) is 3.91. The van der Waals surface area contributed by atoms with E-state index in [9.17, 15) is 13.2 Å². The molecule has 2 aliphatic rings. The summed E-state index contributed by atoms with van der Waals surface area (Å²) in [4.78, 5) is 14.3.